The average molecular weight is 480 g/mol. The van der Waals surface area contributed by atoms with Crippen molar-refractivity contribution in [3.8, 4) is 5.75 Å². The average Bonchev–Trinajstić information content (AvgIpc) is 2.76. The monoisotopic (exact) mass is 479 g/mol. The summed E-state index contributed by atoms with van der Waals surface area (Å²) in [6.45, 7) is 0.676. The summed E-state index contributed by atoms with van der Waals surface area (Å²) in [6.07, 6.45) is 4.93. The van der Waals surface area contributed by atoms with E-state index >= 15 is 0 Å². The summed E-state index contributed by atoms with van der Waals surface area (Å²) in [7, 11) is -3.21. The summed E-state index contributed by atoms with van der Waals surface area (Å²) in [5.74, 6) is 0.703. The van der Waals surface area contributed by atoms with Gasteiger partial charge in [0.15, 0.2) is 9.84 Å². The van der Waals surface area contributed by atoms with E-state index in [0.29, 0.717) is 13.0 Å². The highest BCUT2D eigenvalue weighted by Crippen LogP contribution is 2.53. The number of hydrogen-bond donors (Lipinski definition) is 1. The molecule has 1 fully saturated rings. The van der Waals surface area contributed by atoms with Crippen molar-refractivity contribution in [1.29, 1.82) is 0 Å². The number of alkyl halides is 1. The van der Waals surface area contributed by atoms with Crippen molar-refractivity contribution in [1.82, 2.24) is 5.32 Å². The van der Waals surface area contributed by atoms with Crippen molar-refractivity contribution in [3.05, 3.63) is 64.2 Å². The SMILES string of the molecule is O=S(=O)(CCCF)CCCOc1ccc2c(c1)C(C1(c3ccc(Cl)cc3)CCC1)NCC2. The molecule has 1 atom stereocenters. The Morgan fingerprint density at radius 1 is 1.09 bits per heavy atom. The van der Waals surface area contributed by atoms with Gasteiger partial charge in [0.05, 0.1) is 24.8 Å². The molecule has 4 rings (SSSR count). The molecule has 1 aliphatic heterocycles. The van der Waals surface area contributed by atoms with Crippen molar-refractivity contribution in [2.24, 2.45) is 0 Å². The van der Waals surface area contributed by atoms with E-state index in [-0.39, 0.29) is 29.4 Å². The van der Waals surface area contributed by atoms with E-state index < -0.39 is 16.5 Å². The van der Waals surface area contributed by atoms with Gasteiger partial charge < -0.3 is 10.1 Å². The minimum absolute atomic E-state index is 0.0296. The van der Waals surface area contributed by atoms with Crippen LogP contribution in [-0.2, 0) is 21.7 Å². The fourth-order valence-corrected chi connectivity index (χ4v) is 6.48. The van der Waals surface area contributed by atoms with Crippen LogP contribution in [0.25, 0.3) is 0 Å². The highest BCUT2D eigenvalue weighted by molar-refractivity contribution is 7.91. The molecule has 1 saturated carbocycles. The van der Waals surface area contributed by atoms with Gasteiger partial charge in [0.25, 0.3) is 0 Å². The van der Waals surface area contributed by atoms with Gasteiger partial charge in [0.1, 0.15) is 5.75 Å². The lowest BCUT2D eigenvalue weighted by atomic mass is 9.58. The number of nitrogens with one attached hydrogen (secondary N) is 1. The molecule has 0 saturated heterocycles. The van der Waals surface area contributed by atoms with E-state index in [2.05, 4.69) is 29.6 Å². The standard InChI is InChI=1S/C25H31ClFNO3S/c26-21-7-5-20(6-8-21)25(11-1-12-25)24-23-18-22(9-4-19(23)10-14-28-24)31-15-3-17-32(29,30)16-2-13-27/h4-9,18,24,28H,1-3,10-17H2. The molecule has 1 heterocycles. The Labute approximate surface area is 195 Å². The van der Waals surface area contributed by atoms with Crippen molar-refractivity contribution in [2.45, 2.75) is 50.0 Å². The Morgan fingerprint density at radius 2 is 1.84 bits per heavy atom. The van der Waals surface area contributed by atoms with E-state index in [1.54, 1.807) is 0 Å². The van der Waals surface area contributed by atoms with Crippen molar-refractivity contribution in [3.63, 3.8) is 0 Å². The Balaban J connectivity index is 1.47. The lowest BCUT2D eigenvalue weighted by Gasteiger charge is -2.50. The molecule has 2 aromatic rings. The largest absolute Gasteiger partial charge is 0.494 e. The molecular formula is C25H31ClFNO3S. The molecule has 7 heteroatoms. The zero-order valence-electron chi connectivity index (χ0n) is 18.3. The number of benzene rings is 2. The van der Waals surface area contributed by atoms with Crippen molar-refractivity contribution < 1.29 is 17.5 Å². The smallest absolute Gasteiger partial charge is 0.150 e. The second-order valence-corrected chi connectivity index (χ2v) is 11.7. The molecule has 32 heavy (non-hydrogen) atoms. The van der Waals surface area contributed by atoms with Gasteiger partial charge in [-0.2, -0.15) is 0 Å². The normalized spacial score (nSPS) is 19.8. The third-order valence-electron chi connectivity index (χ3n) is 6.85. The molecule has 0 amide bonds. The highest BCUT2D eigenvalue weighted by atomic mass is 35.5. The lowest BCUT2D eigenvalue weighted by Crippen LogP contribution is -2.49. The maximum atomic E-state index is 12.2. The summed E-state index contributed by atoms with van der Waals surface area (Å²) >= 11 is 6.14. The Bertz CT molecular complexity index is 1020. The topological polar surface area (TPSA) is 55.4 Å². The molecule has 0 radical (unpaired) electrons. The Morgan fingerprint density at radius 3 is 2.53 bits per heavy atom. The first kappa shape index (κ1) is 23.5. The zero-order chi connectivity index (χ0) is 22.6. The highest BCUT2D eigenvalue weighted by Gasteiger charge is 2.47. The summed E-state index contributed by atoms with van der Waals surface area (Å²) in [5.41, 5.74) is 4.00. The lowest BCUT2D eigenvalue weighted by molar-refractivity contribution is 0.164. The fraction of sp³-hybridized carbons (Fsp3) is 0.520. The molecule has 174 valence electrons. The first-order valence-corrected chi connectivity index (χ1v) is 13.6. The van der Waals surface area contributed by atoms with Gasteiger partial charge in [0, 0.05) is 16.5 Å². The maximum Gasteiger partial charge on any atom is 0.150 e. The van der Waals surface area contributed by atoms with Gasteiger partial charge in [-0.25, -0.2) is 8.42 Å². The summed E-state index contributed by atoms with van der Waals surface area (Å²) in [4.78, 5) is 0. The predicted octanol–water partition coefficient (Wildman–Crippen LogP) is 5.19. The van der Waals surface area contributed by atoms with E-state index in [9.17, 15) is 12.8 Å². The molecular weight excluding hydrogens is 449 g/mol. The molecule has 4 nitrogen and oxygen atoms in total. The quantitative estimate of drug-likeness (QED) is 0.476. The van der Waals surface area contributed by atoms with Crippen LogP contribution in [0.3, 0.4) is 0 Å². The van der Waals surface area contributed by atoms with E-state index in [1.807, 2.05) is 18.2 Å². The van der Waals surface area contributed by atoms with Crippen LogP contribution < -0.4 is 10.1 Å². The van der Waals surface area contributed by atoms with Crippen LogP contribution in [0.4, 0.5) is 4.39 Å². The van der Waals surface area contributed by atoms with Gasteiger partial charge in [0.2, 0.25) is 0 Å². The van der Waals surface area contributed by atoms with Crippen LogP contribution in [0.5, 0.6) is 5.75 Å². The van der Waals surface area contributed by atoms with Crippen LogP contribution in [0, 0.1) is 0 Å². The molecule has 1 aliphatic carbocycles. The van der Waals surface area contributed by atoms with Crippen LogP contribution in [0.15, 0.2) is 42.5 Å². The molecule has 1 unspecified atom stereocenters. The summed E-state index contributed by atoms with van der Waals surface area (Å²) in [6, 6.07) is 14.7. The molecule has 0 aromatic heterocycles. The summed E-state index contributed by atoms with van der Waals surface area (Å²) in [5, 5.41) is 4.52. The molecule has 0 spiro atoms. The minimum Gasteiger partial charge on any atom is -0.494 e. The minimum atomic E-state index is -3.21. The zero-order valence-corrected chi connectivity index (χ0v) is 19.9. The first-order chi connectivity index (χ1) is 15.4. The van der Waals surface area contributed by atoms with Gasteiger partial charge in [-0.3, -0.25) is 4.39 Å². The van der Waals surface area contributed by atoms with Crippen LogP contribution in [0.2, 0.25) is 5.02 Å². The second kappa shape index (κ2) is 10.1. The third-order valence-corrected chi connectivity index (χ3v) is 8.92. The van der Waals surface area contributed by atoms with Crippen LogP contribution >= 0.6 is 11.6 Å². The van der Waals surface area contributed by atoms with E-state index in [4.69, 9.17) is 16.3 Å². The van der Waals surface area contributed by atoms with E-state index in [0.717, 1.165) is 36.6 Å². The van der Waals surface area contributed by atoms with Crippen molar-refractivity contribution in [2.75, 3.05) is 31.3 Å². The Hall–Kier alpha value is -1.63. The van der Waals surface area contributed by atoms with Gasteiger partial charge in [-0.15, -0.1) is 0 Å². The van der Waals surface area contributed by atoms with Crippen molar-refractivity contribution >= 4 is 21.4 Å². The fourth-order valence-electron chi connectivity index (χ4n) is 5.04. The first-order valence-electron chi connectivity index (χ1n) is 11.4. The molecule has 2 aliphatic rings. The molecule has 1 N–H and O–H groups in total. The maximum absolute atomic E-state index is 12.2. The second-order valence-electron chi connectivity index (χ2n) is 8.91. The van der Waals surface area contributed by atoms with Gasteiger partial charge in [-0.1, -0.05) is 36.2 Å². The Kier molecular flexibility index (Phi) is 7.43. The number of hydrogen-bond acceptors (Lipinski definition) is 4. The van der Waals surface area contributed by atoms with Crippen LogP contribution in [0.1, 0.15) is 54.8 Å². The summed E-state index contributed by atoms with van der Waals surface area (Å²) < 4.78 is 42.0. The number of rotatable bonds is 10. The van der Waals surface area contributed by atoms with E-state index in [1.165, 1.54) is 23.1 Å². The number of halogens is 2. The number of ether oxygens (including phenoxy) is 1. The third kappa shape index (κ3) is 5.13. The van der Waals surface area contributed by atoms with Crippen LogP contribution in [-0.4, -0.2) is 39.7 Å². The predicted molar refractivity (Wildman–Crippen MR) is 127 cm³/mol. The molecule has 0 bridgehead atoms. The van der Waals surface area contributed by atoms with Gasteiger partial charge in [-0.05, 0) is 79.6 Å². The number of sulfone groups is 1. The molecule has 2 aromatic carbocycles. The van der Waals surface area contributed by atoms with Gasteiger partial charge >= 0.3 is 0 Å². The number of fused-ring (bicyclic) bond motifs is 1.